The average Bonchev–Trinajstić information content (AvgIpc) is 2.59. The van der Waals surface area contributed by atoms with E-state index in [2.05, 4.69) is 15.9 Å². The van der Waals surface area contributed by atoms with Crippen LogP contribution < -0.4 is 4.90 Å². The van der Waals surface area contributed by atoms with Gasteiger partial charge in [0.05, 0.1) is 11.4 Å². The third-order valence-electron chi connectivity index (χ3n) is 3.84. The highest BCUT2D eigenvalue weighted by Gasteiger charge is 2.41. The molecule has 0 N–H and O–H groups in total. The van der Waals surface area contributed by atoms with Crippen molar-refractivity contribution in [3.8, 4) is 0 Å². The van der Waals surface area contributed by atoms with Crippen molar-refractivity contribution in [2.24, 2.45) is 0 Å². The number of urea groups is 1. The first-order valence-electron chi connectivity index (χ1n) is 7.64. The van der Waals surface area contributed by atoms with Crippen LogP contribution in [0.5, 0.6) is 0 Å². The molecule has 0 saturated carbocycles. The second kappa shape index (κ2) is 6.94. The van der Waals surface area contributed by atoms with Crippen molar-refractivity contribution in [2.75, 3.05) is 16.8 Å². The maximum Gasteiger partial charge on any atom is 0.343 e. The average molecular weight is 409 g/mol. The first kappa shape index (κ1) is 17.0. The number of sulfonamides is 1. The first-order chi connectivity index (χ1) is 11.6. The van der Waals surface area contributed by atoms with E-state index >= 15 is 0 Å². The molecule has 2 aromatic carbocycles. The largest absolute Gasteiger partial charge is 0.343 e. The molecule has 0 unspecified atom stereocenters. The van der Waals surface area contributed by atoms with Crippen molar-refractivity contribution in [1.82, 2.24) is 4.31 Å². The van der Waals surface area contributed by atoms with E-state index < -0.39 is 16.1 Å². The lowest BCUT2D eigenvalue weighted by Crippen LogP contribution is -2.49. The van der Waals surface area contributed by atoms with Crippen LogP contribution in [0.4, 0.5) is 16.2 Å². The van der Waals surface area contributed by atoms with Gasteiger partial charge in [-0.05, 0) is 37.1 Å². The van der Waals surface area contributed by atoms with E-state index in [9.17, 15) is 13.2 Å². The third kappa shape index (κ3) is 2.93. The van der Waals surface area contributed by atoms with Gasteiger partial charge >= 0.3 is 6.03 Å². The number of hydrogen-bond acceptors (Lipinski definition) is 3. The van der Waals surface area contributed by atoms with Gasteiger partial charge in [0.15, 0.2) is 0 Å². The SMILES string of the molecule is O=C1N(c2ccccc2)c2ccccc2S(=O)(=O)N1CCCCBr. The fourth-order valence-corrected chi connectivity index (χ4v) is 4.65. The summed E-state index contributed by atoms with van der Waals surface area (Å²) in [6.45, 7) is 0.171. The number of unbranched alkanes of at least 4 members (excludes halogenated alkanes) is 1. The van der Waals surface area contributed by atoms with E-state index in [1.54, 1.807) is 36.4 Å². The summed E-state index contributed by atoms with van der Waals surface area (Å²) in [6.07, 6.45) is 1.41. The Labute approximate surface area is 150 Å². The van der Waals surface area contributed by atoms with Crippen molar-refractivity contribution in [3.63, 3.8) is 0 Å². The van der Waals surface area contributed by atoms with E-state index in [0.29, 0.717) is 17.8 Å². The molecule has 126 valence electrons. The number of rotatable bonds is 5. The quantitative estimate of drug-likeness (QED) is 0.551. The zero-order valence-electron chi connectivity index (χ0n) is 12.9. The second-order valence-electron chi connectivity index (χ2n) is 5.39. The summed E-state index contributed by atoms with van der Waals surface area (Å²) < 4.78 is 26.7. The minimum absolute atomic E-state index is 0.160. The van der Waals surface area contributed by atoms with Gasteiger partial charge in [-0.1, -0.05) is 46.3 Å². The molecule has 0 bridgehead atoms. The maximum absolute atomic E-state index is 13.0. The number of alkyl halides is 1. The molecule has 3 rings (SSSR count). The Morgan fingerprint density at radius 2 is 1.58 bits per heavy atom. The fraction of sp³-hybridized carbons (Fsp3) is 0.235. The van der Waals surface area contributed by atoms with Crippen LogP contribution in [0, 0.1) is 0 Å². The Morgan fingerprint density at radius 3 is 2.29 bits per heavy atom. The summed E-state index contributed by atoms with van der Waals surface area (Å²) >= 11 is 3.33. The molecule has 24 heavy (non-hydrogen) atoms. The molecule has 1 aliphatic heterocycles. The Morgan fingerprint density at radius 1 is 0.917 bits per heavy atom. The zero-order chi connectivity index (χ0) is 17.2. The summed E-state index contributed by atoms with van der Waals surface area (Å²) in [7, 11) is -3.83. The number of carbonyl (C=O) groups is 1. The van der Waals surface area contributed by atoms with Crippen LogP contribution in [0.3, 0.4) is 0 Å². The summed E-state index contributed by atoms with van der Waals surface area (Å²) in [5, 5.41) is 0.772. The smallest absolute Gasteiger partial charge is 0.261 e. The number of amides is 2. The minimum atomic E-state index is -3.83. The predicted octanol–water partition coefficient (Wildman–Crippen LogP) is 4.12. The van der Waals surface area contributed by atoms with Gasteiger partial charge in [0, 0.05) is 11.9 Å². The summed E-state index contributed by atoms with van der Waals surface area (Å²) in [5.74, 6) is 0. The van der Waals surface area contributed by atoms with Crippen LogP contribution in [-0.4, -0.2) is 30.6 Å². The van der Waals surface area contributed by atoms with Crippen molar-refractivity contribution in [3.05, 3.63) is 54.6 Å². The van der Waals surface area contributed by atoms with Gasteiger partial charge in [-0.3, -0.25) is 4.90 Å². The topological polar surface area (TPSA) is 57.7 Å². The highest BCUT2D eigenvalue weighted by molar-refractivity contribution is 9.09. The molecule has 0 saturated heterocycles. The van der Waals surface area contributed by atoms with E-state index in [0.717, 1.165) is 16.1 Å². The van der Waals surface area contributed by atoms with Gasteiger partial charge in [0.2, 0.25) is 0 Å². The van der Waals surface area contributed by atoms with E-state index in [-0.39, 0.29) is 11.4 Å². The van der Waals surface area contributed by atoms with Crippen molar-refractivity contribution < 1.29 is 13.2 Å². The molecule has 0 radical (unpaired) electrons. The Bertz CT molecular complexity index is 840. The van der Waals surface area contributed by atoms with Crippen LogP contribution >= 0.6 is 15.9 Å². The van der Waals surface area contributed by atoms with Gasteiger partial charge in [-0.15, -0.1) is 0 Å². The van der Waals surface area contributed by atoms with E-state index in [1.807, 2.05) is 18.2 Å². The van der Waals surface area contributed by atoms with Crippen LogP contribution in [0.1, 0.15) is 12.8 Å². The first-order valence-corrected chi connectivity index (χ1v) is 10.2. The van der Waals surface area contributed by atoms with E-state index in [4.69, 9.17) is 0 Å². The van der Waals surface area contributed by atoms with Gasteiger partial charge in [-0.25, -0.2) is 17.5 Å². The van der Waals surface area contributed by atoms with Gasteiger partial charge < -0.3 is 0 Å². The molecule has 2 amide bonds. The number of benzene rings is 2. The number of nitrogens with zero attached hydrogens (tertiary/aromatic N) is 2. The van der Waals surface area contributed by atoms with Crippen LogP contribution in [0.25, 0.3) is 0 Å². The van der Waals surface area contributed by atoms with Crippen LogP contribution in [0.15, 0.2) is 59.5 Å². The Hall–Kier alpha value is -1.86. The maximum atomic E-state index is 13.0. The normalized spacial score (nSPS) is 16.1. The molecule has 1 heterocycles. The summed E-state index contributed by atoms with van der Waals surface area (Å²) in [6, 6.07) is 15.2. The lowest BCUT2D eigenvalue weighted by atomic mass is 10.2. The van der Waals surface area contributed by atoms with Crippen molar-refractivity contribution >= 4 is 43.4 Å². The monoisotopic (exact) mass is 408 g/mol. The molecule has 0 fully saturated rings. The molecule has 7 heteroatoms. The molecule has 0 spiro atoms. The van der Waals surface area contributed by atoms with Gasteiger partial charge in [0.1, 0.15) is 4.90 Å². The molecular weight excluding hydrogens is 392 g/mol. The molecule has 0 aromatic heterocycles. The highest BCUT2D eigenvalue weighted by Crippen LogP contribution is 2.38. The van der Waals surface area contributed by atoms with Crippen molar-refractivity contribution in [1.29, 1.82) is 0 Å². The Kier molecular flexibility index (Phi) is 4.91. The highest BCUT2D eigenvalue weighted by atomic mass is 79.9. The molecule has 1 aliphatic rings. The van der Waals surface area contributed by atoms with E-state index in [1.165, 1.54) is 4.90 Å². The van der Waals surface area contributed by atoms with Gasteiger partial charge in [-0.2, -0.15) is 0 Å². The predicted molar refractivity (Wildman–Crippen MR) is 97.3 cm³/mol. The fourth-order valence-electron chi connectivity index (χ4n) is 2.69. The number of para-hydroxylation sites is 2. The summed E-state index contributed by atoms with van der Waals surface area (Å²) in [4.78, 5) is 14.6. The number of hydrogen-bond donors (Lipinski definition) is 0. The lowest BCUT2D eigenvalue weighted by molar-refractivity contribution is 0.230. The molecule has 2 aromatic rings. The zero-order valence-corrected chi connectivity index (χ0v) is 15.3. The third-order valence-corrected chi connectivity index (χ3v) is 6.22. The summed E-state index contributed by atoms with van der Waals surface area (Å²) in [5.41, 5.74) is 1.04. The van der Waals surface area contributed by atoms with Crippen LogP contribution in [-0.2, 0) is 10.0 Å². The molecular formula is C17H17BrN2O3S. The Balaban J connectivity index is 2.11. The second-order valence-corrected chi connectivity index (χ2v) is 8.02. The minimum Gasteiger partial charge on any atom is -0.261 e. The number of anilines is 2. The standard InChI is InChI=1S/C17H17BrN2O3S/c18-12-6-7-13-19-17(21)20(14-8-2-1-3-9-14)15-10-4-5-11-16(15)24(19,22)23/h1-5,8-11H,6-7,12-13H2. The molecule has 0 atom stereocenters. The lowest BCUT2D eigenvalue weighted by Gasteiger charge is -2.36. The van der Waals surface area contributed by atoms with Crippen LogP contribution in [0.2, 0.25) is 0 Å². The number of fused-ring (bicyclic) bond motifs is 1. The van der Waals surface area contributed by atoms with Gasteiger partial charge in [0.25, 0.3) is 10.0 Å². The van der Waals surface area contributed by atoms with Crippen molar-refractivity contribution in [2.45, 2.75) is 17.7 Å². The molecule has 0 aliphatic carbocycles. The number of halogens is 1. The molecule has 5 nitrogen and oxygen atoms in total. The number of carbonyl (C=O) groups excluding carboxylic acids is 1.